The SMILES string of the molecule is COc1ccc(NC(=O)CC(C)Nc2cccc(CCC(=O)O)c2)c(OC)c1. The standard InChI is InChI=1S/C21H26N2O5/c1-14(22-16-6-4-5-15(12-16)7-10-21(25)26)11-20(24)23-18-9-8-17(27-2)13-19(18)28-3/h4-6,8-9,12-14,22H,7,10-11H2,1-3H3,(H,23,24)(H,25,26). The van der Waals surface area contributed by atoms with Gasteiger partial charge in [-0.3, -0.25) is 9.59 Å². The Kier molecular flexibility index (Phi) is 7.68. The van der Waals surface area contributed by atoms with Crippen LogP contribution in [0.3, 0.4) is 0 Å². The summed E-state index contributed by atoms with van der Waals surface area (Å²) in [6.07, 6.45) is 0.816. The van der Waals surface area contributed by atoms with Crippen molar-refractivity contribution in [3.05, 3.63) is 48.0 Å². The number of carbonyl (C=O) groups excluding carboxylic acids is 1. The summed E-state index contributed by atoms with van der Waals surface area (Å²) in [5.74, 6) is 0.204. The van der Waals surface area contributed by atoms with Crippen molar-refractivity contribution in [2.45, 2.75) is 32.2 Å². The van der Waals surface area contributed by atoms with E-state index in [4.69, 9.17) is 14.6 Å². The molecule has 1 atom stereocenters. The van der Waals surface area contributed by atoms with Crippen LogP contribution in [0.5, 0.6) is 11.5 Å². The molecule has 2 aromatic rings. The number of carboxylic acids is 1. The molecule has 150 valence electrons. The summed E-state index contributed by atoms with van der Waals surface area (Å²) in [6.45, 7) is 1.91. The van der Waals surface area contributed by atoms with E-state index in [0.717, 1.165) is 11.3 Å². The highest BCUT2D eigenvalue weighted by Crippen LogP contribution is 2.29. The second-order valence-corrected chi connectivity index (χ2v) is 6.46. The lowest BCUT2D eigenvalue weighted by molar-refractivity contribution is -0.137. The summed E-state index contributed by atoms with van der Waals surface area (Å²) in [7, 11) is 3.10. The minimum absolute atomic E-state index is 0.0884. The van der Waals surface area contributed by atoms with E-state index in [0.29, 0.717) is 23.6 Å². The van der Waals surface area contributed by atoms with Crippen LogP contribution >= 0.6 is 0 Å². The highest BCUT2D eigenvalue weighted by molar-refractivity contribution is 5.93. The molecular formula is C21H26N2O5. The molecule has 0 saturated carbocycles. The number of anilines is 2. The van der Waals surface area contributed by atoms with Crippen LogP contribution in [0, 0.1) is 0 Å². The third kappa shape index (κ3) is 6.50. The maximum absolute atomic E-state index is 12.4. The van der Waals surface area contributed by atoms with Crippen LogP contribution in [0.15, 0.2) is 42.5 Å². The predicted octanol–water partition coefficient (Wildman–Crippen LogP) is 3.55. The van der Waals surface area contributed by atoms with Crippen LogP contribution in [0.1, 0.15) is 25.3 Å². The second kappa shape index (κ2) is 10.2. The van der Waals surface area contributed by atoms with Crippen molar-refractivity contribution in [2.24, 2.45) is 0 Å². The molecule has 28 heavy (non-hydrogen) atoms. The molecule has 1 unspecified atom stereocenters. The van der Waals surface area contributed by atoms with Gasteiger partial charge in [0.2, 0.25) is 5.91 Å². The van der Waals surface area contributed by atoms with E-state index in [-0.39, 0.29) is 24.8 Å². The number of aryl methyl sites for hydroxylation is 1. The van der Waals surface area contributed by atoms with Gasteiger partial charge in [-0.05, 0) is 43.2 Å². The fourth-order valence-corrected chi connectivity index (χ4v) is 2.78. The fourth-order valence-electron chi connectivity index (χ4n) is 2.78. The molecule has 7 nitrogen and oxygen atoms in total. The number of amides is 1. The summed E-state index contributed by atoms with van der Waals surface area (Å²) >= 11 is 0. The topological polar surface area (TPSA) is 96.9 Å². The molecule has 1 amide bonds. The van der Waals surface area contributed by atoms with E-state index >= 15 is 0 Å². The van der Waals surface area contributed by atoms with Crippen LogP contribution in [0.4, 0.5) is 11.4 Å². The number of methoxy groups -OCH3 is 2. The van der Waals surface area contributed by atoms with Gasteiger partial charge in [0.1, 0.15) is 11.5 Å². The highest BCUT2D eigenvalue weighted by atomic mass is 16.5. The van der Waals surface area contributed by atoms with Crippen LogP contribution in [0.2, 0.25) is 0 Å². The van der Waals surface area contributed by atoms with Crippen molar-refractivity contribution in [3.63, 3.8) is 0 Å². The second-order valence-electron chi connectivity index (χ2n) is 6.46. The third-order valence-corrected chi connectivity index (χ3v) is 4.14. The van der Waals surface area contributed by atoms with Crippen LogP contribution < -0.4 is 20.1 Å². The minimum atomic E-state index is -0.822. The minimum Gasteiger partial charge on any atom is -0.497 e. The zero-order valence-corrected chi connectivity index (χ0v) is 16.3. The summed E-state index contributed by atoms with van der Waals surface area (Å²) < 4.78 is 10.4. The first-order chi connectivity index (χ1) is 13.4. The molecule has 0 saturated heterocycles. The Morgan fingerprint density at radius 3 is 2.57 bits per heavy atom. The number of ether oxygens (including phenoxy) is 2. The number of carboxylic acid groups (broad SMARTS) is 1. The van der Waals surface area contributed by atoms with Crippen LogP contribution in [-0.4, -0.2) is 37.2 Å². The first-order valence-corrected chi connectivity index (χ1v) is 9.00. The number of benzene rings is 2. The normalized spacial score (nSPS) is 11.4. The van der Waals surface area contributed by atoms with Gasteiger partial charge in [0.25, 0.3) is 0 Å². The molecule has 7 heteroatoms. The lowest BCUT2D eigenvalue weighted by Gasteiger charge is -2.17. The maximum atomic E-state index is 12.4. The Morgan fingerprint density at radius 1 is 1.11 bits per heavy atom. The number of hydrogen-bond acceptors (Lipinski definition) is 5. The van der Waals surface area contributed by atoms with Gasteiger partial charge in [-0.2, -0.15) is 0 Å². The van der Waals surface area contributed by atoms with Crippen molar-refractivity contribution in [2.75, 3.05) is 24.9 Å². The van der Waals surface area contributed by atoms with Gasteiger partial charge >= 0.3 is 5.97 Å². The largest absolute Gasteiger partial charge is 0.497 e. The quantitative estimate of drug-likeness (QED) is 0.578. The molecule has 2 rings (SSSR count). The van der Waals surface area contributed by atoms with E-state index in [9.17, 15) is 9.59 Å². The lowest BCUT2D eigenvalue weighted by atomic mass is 10.1. The van der Waals surface area contributed by atoms with E-state index < -0.39 is 5.97 Å². The van der Waals surface area contributed by atoms with Crippen molar-refractivity contribution >= 4 is 23.3 Å². The molecular weight excluding hydrogens is 360 g/mol. The lowest BCUT2D eigenvalue weighted by Crippen LogP contribution is -2.24. The smallest absolute Gasteiger partial charge is 0.303 e. The van der Waals surface area contributed by atoms with Crippen LogP contribution in [-0.2, 0) is 16.0 Å². The molecule has 0 aromatic heterocycles. The van der Waals surface area contributed by atoms with Crippen molar-refractivity contribution in [3.8, 4) is 11.5 Å². The maximum Gasteiger partial charge on any atom is 0.303 e. The molecule has 0 aliphatic heterocycles. The van der Waals surface area contributed by atoms with Crippen molar-refractivity contribution < 1.29 is 24.2 Å². The number of rotatable bonds is 10. The van der Waals surface area contributed by atoms with E-state index in [1.165, 1.54) is 7.11 Å². The van der Waals surface area contributed by atoms with Gasteiger partial charge in [-0.15, -0.1) is 0 Å². The van der Waals surface area contributed by atoms with Crippen LogP contribution in [0.25, 0.3) is 0 Å². The Balaban J connectivity index is 1.92. The van der Waals surface area contributed by atoms with Gasteiger partial charge in [-0.25, -0.2) is 0 Å². The number of carbonyl (C=O) groups is 2. The molecule has 0 heterocycles. The third-order valence-electron chi connectivity index (χ3n) is 4.14. The average Bonchev–Trinajstić information content (AvgIpc) is 2.66. The summed E-state index contributed by atoms with van der Waals surface area (Å²) in [4.78, 5) is 23.1. The van der Waals surface area contributed by atoms with Gasteiger partial charge in [0.05, 0.1) is 19.9 Å². The van der Waals surface area contributed by atoms with Crippen molar-refractivity contribution in [1.82, 2.24) is 0 Å². The Morgan fingerprint density at radius 2 is 1.89 bits per heavy atom. The molecule has 0 fully saturated rings. The molecule has 0 aliphatic rings. The van der Waals surface area contributed by atoms with Gasteiger partial charge in [0.15, 0.2) is 0 Å². The highest BCUT2D eigenvalue weighted by Gasteiger charge is 2.13. The molecule has 0 aliphatic carbocycles. The number of aliphatic carboxylic acids is 1. The van der Waals surface area contributed by atoms with Crippen molar-refractivity contribution in [1.29, 1.82) is 0 Å². The van der Waals surface area contributed by atoms with E-state index in [1.807, 2.05) is 31.2 Å². The molecule has 0 radical (unpaired) electrons. The van der Waals surface area contributed by atoms with Gasteiger partial charge in [-0.1, -0.05) is 12.1 Å². The monoisotopic (exact) mass is 386 g/mol. The predicted molar refractivity (Wildman–Crippen MR) is 108 cm³/mol. The Labute approximate surface area is 164 Å². The number of nitrogens with one attached hydrogen (secondary N) is 2. The first-order valence-electron chi connectivity index (χ1n) is 9.00. The molecule has 0 bridgehead atoms. The fraction of sp³-hybridized carbons (Fsp3) is 0.333. The summed E-state index contributed by atoms with van der Waals surface area (Å²) in [5, 5.41) is 14.9. The average molecular weight is 386 g/mol. The summed E-state index contributed by atoms with van der Waals surface area (Å²) in [6, 6.07) is 12.6. The first kappa shape index (κ1) is 21.1. The number of hydrogen-bond donors (Lipinski definition) is 3. The molecule has 0 spiro atoms. The van der Waals surface area contributed by atoms with Gasteiger partial charge < -0.3 is 25.2 Å². The molecule has 3 N–H and O–H groups in total. The molecule has 2 aromatic carbocycles. The van der Waals surface area contributed by atoms with E-state index in [1.54, 1.807) is 25.3 Å². The zero-order valence-electron chi connectivity index (χ0n) is 16.3. The zero-order chi connectivity index (χ0) is 20.5. The van der Waals surface area contributed by atoms with E-state index in [2.05, 4.69) is 10.6 Å². The van der Waals surface area contributed by atoms with Gasteiger partial charge in [0, 0.05) is 30.6 Å². The Bertz CT molecular complexity index is 822. The Hall–Kier alpha value is -3.22. The summed E-state index contributed by atoms with van der Waals surface area (Å²) in [5.41, 5.74) is 2.37.